The van der Waals surface area contributed by atoms with E-state index < -0.39 is 30.4 Å². The van der Waals surface area contributed by atoms with Crippen LogP contribution in [0, 0.1) is 0 Å². The molecule has 180 valence electrons. The molecule has 1 saturated heterocycles. The molecule has 0 spiro atoms. The Morgan fingerprint density at radius 2 is 1.71 bits per heavy atom. The standard InChI is InChI=1S/C25H29BBrNO6/c1-24(2)25(3,4)34-26(33-24)20(13-18-11-12-19(14-21(18)27)22(29)31-5)15-28-23(30)32-16-17-9-7-6-8-10-17/h6-14H,15-16H2,1-5H3,(H,28,30). The Kier molecular flexibility index (Phi) is 8.23. The molecule has 0 saturated carbocycles. The first-order valence-electron chi connectivity index (χ1n) is 10.9. The molecule has 9 heteroatoms. The van der Waals surface area contributed by atoms with E-state index in [0.29, 0.717) is 15.5 Å². The molecule has 0 atom stereocenters. The number of hydrogen-bond acceptors (Lipinski definition) is 6. The van der Waals surface area contributed by atoms with Gasteiger partial charge in [0.25, 0.3) is 0 Å². The minimum Gasteiger partial charge on any atom is -0.465 e. The second-order valence-electron chi connectivity index (χ2n) is 8.95. The molecule has 2 aromatic rings. The van der Waals surface area contributed by atoms with Crippen LogP contribution in [0.4, 0.5) is 4.79 Å². The second kappa shape index (κ2) is 10.8. The number of nitrogens with one attached hydrogen (secondary N) is 1. The van der Waals surface area contributed by atoms with Crippen LogP contribution in [0.1, 0.15) is 49.2 Å². The number of benzene rings is 2. The lowest BCUT2D eigenvalue weighted by Crippen LogP contribution is -2.41. The molecule has 7 nitrogen and oxygen atoms in total. The van der Waals surface area contributed by atoms with Crippen molar-refractivity contribution in [2.24, 2.45) is 0 Å². The number of carbonyl (C=O) groups excluding carboxylic acids is 2. The first-order chi connectivity index (χ1) is 16.0. The zero-order valence-corrected chi connectivity index (χ0v) is 21.6. The molecule has 2 aromatic carbocycles. The SMILES string of the molecule is COC(=O)c1ccc(C=C(CNC(=O)OCc2ccccc2)B2OC(C)(C)C(C)(C)O2)c(Br)c1. The summed E-state index contributed by atoms with van der Waals surface area (Å²) in [5, 5.41) is 2.78. The van der Waals surface area contributed by atoms with E-state index >= 15 is 0 Å². The number of alkyl carbamates (subject to hydrolysis) is 1. The van der Waals surface area contributed by atoms with E-state index in [4.69, 9.17) is 18.8 Å². The summed E-state index contributed by atoms with van der Waals surface area (Å²) in [6.07, 6.45) is 1.32. The number of methoxy groups -OCH3 is 1. The van der Waals surface area contributed by atoms with E-state index in [9.17, 15) is 9.59 Å². The van der Waals surface area contributed by atoms with Crippen LogP contribution >= 0.6 is 15.9 Å². The highest BCUT2D eigenvalue weighted by Gasteiger charge is 2.52. The number of halogens is 1. The first kappa shape index (κ1) is 26.0. The van der Waals surface area contributed by atoms with Crippen LogP contribution in [0.3, 0.4) is 0 Å². The van der Waals surface area contributed by atoms with Crippen molar-refractivity contribution >= 4 is 41.2 Å². The molecule has 1 heterocycles. The molecular formula is C25H29BBrNO6. The minimum atomic E-state index is -0.674. The molecule has 0 radical (unpaired) electrons. The average Bonchev–Trinajstić information content (AvgIpc) is 3.02. The lowest BCUT2D eigenvalue weighted by molar-refractivity contribution is 0.00578. The maximum absolute atomic E-state index is 12.4. The van der Waals surface area contributed by atoms with Crippen molar-refractivity contribution in [3.8, 4) is 0 Å². The van der Waals surface area contributed by atoms with Gasteiger partial charge in [0.1, 0.15) is 6.61 Å². The van der Waals surface area contributed by atoms with E-state index in [1.807, 2.05) is 64.1 Å². The number of amides is 1. The van der Waals surface area contributed by atoms with Crippen molar-refractivity contribution in [3.63, 3.8) is 0 Å². The highest BCUT2D eigenvalue weighted by Crippen LogP contribution is 2.39. The number of carbonyl (C=O) groups is 2. The normalized spacial score (nSPS) is 16.8. The highest BCUT2D eigenvalue weighted by molar-refractivity contribution is 9.10. The van der Waals surface area contributed by atoms with Gasteiger partial charge in [-0.05, 0) is 56.4 Å². The molecule has 1 N–H and O–H groups in total. The molecule has 0 aliphatic carbocycles. The zero-order valence-electron chi connectivity index (χ0n) is 20.0. The van der Waals surface area contributed by atoms with E-state index in [-0.39, 0.29) is 13.2 Å². The zero-order chi connectivity index (χ0) is 24.9. The molecule has 0 bridgehead atoms. The van der Waals surface area contributed by atoms with Gasteiger partial charge in [0.2, 0.25) is 0 Å². The first-order valence-corrected chi connectivity index (χ1v) is 11.7. The fourth-order valence-electron chi connectivity index (χ4n) is 3.23. The number of ether oxygens (including phenoxy) is 2. The Labute approximate surface area is 209 Å². The Hall–Kier alpha value is -2.62. The van der Waals surface area contributed by atoms with Gasteiger partial charge in [-0.1, -0.05) is 58.4 Å². The van der Waals surface area contributed by atoms with Crippen LogP contribution in [-0.2, 0) is 25.4 Å². The van der Waals surface area contributed by atoms with E-state index in [2.05, 4.69) is 21.2 Å². The summed E-state index contributed by atoms with van der Waals surface area (Å²) in [6, 6.07) is 14.6. The topological polar surface area (TPSA) is 83.1 Å². The third-order valence-corrected chi connectivity index (χ3v) is 6.65. The quantitative estimate of drug-likeness (QED) is 0.393. The summed E-state index contributed by atoms with van der Waals surface area (Å²) < 4.78 is 23.2. The maximum atomic E-state index is 12.4. The van der Waals surface area contributed by atoms with Crippen molar-refractivity contribution in [2.75, 3.05) is 13.7 Å². The minimum absolute atomic E-state index is 0.148. The van der Waals surface area contributed by atoms with Gasteiger partial charge in [0.05, 0.1) is 23.9 Å². The van der Waals surface area contributed by atoms with Crippen molar-refractivity contribution in [2.45, 2.75) is 45.5 Å². The fraction of sp³-hybridized carbons (Fsp3) is 0.360. The number of hydrogen-bond donors (Lipinski definition) is 1. The van der Waals surface area contributed by atoms with Gasteiger partial charge >= 0.3 is 19.2 Å². The van der Waals surface area contributed by atoms with Crippen molar-refractivity contribution in [3.05, 3.63) is 75.2 Å². The van der Waals surface area contributed by atoms with Crippen LogP contribution in [0.2, 0.25) is 0 Å². The lowest BCUT2D eigenvalue weighted by Gasteiger charge is -2.32. The van der Waals surface area contributed by atoms with Crippen LogP contribution < -0.4 is 5.32 Å². The van der Waals surface area contributed by atoms with Crippen molar-refractivity contribution in [1.82, 2.24) is 5.32 Å². The summed E-state index contributed by atoms with van der Waals surface area (Å²) in [5.74, 6) is -0.426. The Bertz CT molecular complexity index is 1050. The second-order valence-corrected chi connectivity index (χ2v) is 9.80. The third-order valence-electron chi connectivity index (χ3n) is 5.97. The summed E-state index contributed by atoms with van der Waals surface area (Å²) in [7, 11) is 0.662. The van der Waals surface area contributed by atoms with Crippen LogP contribution in [-0.4, -0.2) is 44.0 Å². The maximum Gasteiger partial charge on any atom is 0.492 e. The highest BCUT2D eigenvalue weighted by atomic mass is 79.9. The predicted molar refractivity (Wildman–Crippen MR) is 134 cm³/mol. The van der Waals surface area contributed by atoms with Gasteiger partial charge in [0, 0.05) is 11.0 Å². The van der Waals surface area contributed by atoms with E-state index in [1.165, 1.54) is 7.11 Å². The monoisotopic (exact) mass is 529 g/mol. The van der Waals surface area contributed by atoms with Crippen LogP contribution in [0.5, 0.6) is 0 Å². The third kappa shape index (κ3) is 6.28. The molecular weight excluding hydrogens is 501 g/mol. The van der Waals surface area contributed by atoms with Gasteiger partial charge in [-0.3, -0.25) is 0 Å². The van der Waals surface area contributed by atoms with Crippen LogP contribution in [0.25, 0.3) is 6.08 Å². The average molecular weight is 530 g/mol. The van der Waals surface area contributed by atoms with Gasteiger partial charge in [0.15, 0.2) is 0 Å². The van der Waals surface area contributed by atoms with Crippen molar-refractivity contribution < 1.29 is 28.4 Å². The predicted octanol–water partition coefficient (Wildman–Crippen LogP) is 5.18. The fourth-order valence-corrected chi connectivity index (χ4v) is 3.73. The number of esters is 1. The van der Waals surface area contributed by atoms with Gasteiger partial charge in [-0.15, -0.1) is 0 Å². The Balaban J connectivity index is 1.79. The molecule has 0 unspecified atom stereocenters. The largest absolute Gasteiger partial charge is 0.492 e. The summed E-state index contributed by atoms with van der Waals surface area (Å²) in [4.78, 5) is 24.2. The van der Waals surface area contributed by atoms with E-state index in [0.717, 1.165) is 11.1 Å². The molecule has 0 aromatic heterocycles. The summed E-state index contributed by atoms with van der Waals surface area (Å²) >= 11 is 3.51. The Morgan fingerprint density at radius 3 is 2.29 bits per heavy atom. The molecule has 3 rings (SSSR count). The lowest BCUT2D eigenvalue weighted by atomic mass is 9.77. The van der Waals surface area contributed by atoms with Gasteiger partial charge in [-0.2, -0.15) is 0 Å². The van der Waals surface area contributed by atoms with E-state index in [1.54, 1.807) is 18.2 Å². The molecule has 1 fully saturated rings. The molecule has 1 amide bonds. The smallest absolute Gasteiger partial charge is 0.465 e. The van der Waals surface area contributed by atoms with Gasteiger partial charge in [-0.25, -0.2) is 9.59 Å². The Morgan fingerprint density at radius 1 is 1.06 bits per heavy atom. The van der Waals surface area contributed by atoms with Crippen LogP contribution in [0.15, 0.2) is 58.5 Å². The molecule has 34 heavy (non-hydrogen) atoms. The van der Waals surface area contributed by atoms with Gasteiger partial charge < -0.3 is 24.1 Å². The summed E-state index contributed by atoms with van der Waals surface area (Å²) in [6.45, 7) is 8.18. The number of rotatable bonds is 7. The molecule has 1 aliphatic rings. The molecule has 1 aliphatic heterocycles. The van der Waals surface area contributed by atoms with Crippen molar-refractivity contribution in [1.29, 1.82) is 0 Å². The summed E-state index contributed by atoms with van der Waals surface area (Å²) in [5.41, 5.74) is 1.71.